The summed E-state index contributed by atoms with van der Waals surface area (Å²) in [4.78, 5) is 23.0. The monoisotopic (exact) mass is 405 g/mol. The smallest absolute Gasteiger partial charge is 0.323 e. The molecule has 0 radical (unpaired) electrons. The molecule has 0 heterocycles. The third kappa shape index (κ3) is 3.84. The second kappa shape index (κ2) is 7.86. The van der Waals surface area contributed by atoms with Crippen LogP contribution in [0.5, 0.6) is 0 Å². The van der Waals surface area contributed by atoms with Crippen LogP contribution >= 0.6 is 0 Å². The lowest BCUT2D eigenvalue weighted by atomic mass is 9.45. The molecule has 3 N–H and O–H groups in total. The number of aliphatic carboxylic acids is 1. The van der Waals surface area contributed by atoms with E-state index in [2.05, 4.69) is 13.8 Å². The van der Waals surface area contributed by atoms with Crippen molar-refractivity contribution in [3.05, 3.63) is 0 Å². The minimum absolute atomic E-state index is 0.0478. The predicted molar refractivity (Wildman–Crippen MR) is 111 cm³/mol. The van der Waals surface area contributed by atoms with E-state index in [1.54, 1.807) is 0 Å². The van der Waals surface area contributed by atoms with Gasteiger partial charge in [-0.25, -0.2) is 0 Å². The Bertz CT molecular complexity index is 651. The summed E-state index contributed by atoms with van der Waals surface area (Å²) in [7, 11) is 0. The molecule has 4 saturated carbocycles. The number of carbonyl (C=O) groups is 2. The van der Waals surface area contributed by atoms with Crippen LogP contribution in [0.25, 0.3) is 0 Å². The summed E-state index contributed by atoms with van der Waals surface area (Å²) in [6.07, 6.45) is 12.7. The zero-order valence-electron chi connectivity index (χ0n) is 18.2. The van der Waals surface area contributed by atoms with E-state index in [9.17, 15) is 9.59 Å². The van der Waals surface area contributed by atoms with Gasteiger partial charge in [-0.1, -0.05) is 20.3 Å². The molecular formula is C24H39NO4. The van der Waals surface area contributed by atoms with Gasteiger partial charge in [-0.15, -0.1) is 0 Å². The number of fused-ring (bicyclic) bond motifs is 5. The van der Waals surface area contributed by atoms with Gasteiger partial charge >= 0.3 is 11.9 Å². The number of carboxylic acids is 1. The summed E-state index contributed by atoms with van der Waals surface area (Å²) in [6, 6.07) is -0.825. The molecule has 0 aromatic heterocycles. The third-order valence-electron chi connectivity index (χ3n) is 9.65. The highest BCUT2D eigenvalue weighted by atomic mass is 16.5. The molecule has 0 spiro atoms. The summed E-state index contributed by atoms with van der Waals surface area (Å²) in [6.45, 7) is 5.09. The van der Waals surface area contributed by atoms with Crippen LogP contribution in [0.2, 0.25) is 0 Å². The molecule has 4 fully saturated rings. The van der Waals surface area contributed by atoms with Crippen LogP contribution in [0.15, 0.2) is 0 Å². The van der Waals surface area contributed by atoms with E-state index < -0.39 is 18.0 Å². The summed E-state index contributed by atoms with van der Waals surface area (Å²) < 4.78 is 5.74. The average molecular weight is 406 g/mol. The molecule has 1 unspecified atom stereocenters. The van der Waals surface area contributed by atoms with Crippen molar-refractivity contribution in [3.63, 3.8) is 0 Å². The van der Waals surface area contributed by atoms with E-state index in [1.807, 2.05) is 0 Å². The second-order valence-electron chi connectivity index (χ2n) is 11.1. The van der Waals surface area contributed by atoms with E-state index in [1.165, 1.54) is 44.9 Å². The molecule has 0 aliphatic heterocycles. The van der Waals surface area contributed by atoms with Gasteiger partial charge in [0.2, 0.25) is 0 Å². The molecule has 164 valence electrons. The maximum atomic E-state index is 12.3. The van der Waals surface area contributed by atoms with Gasteiger partial charge in [0.1, 0.15) is 12.1 Å². The Balaban J connectivity index is 1.37. The van der Waals surface area contributed by atoms with Crippen LogP contribution in [-0.2, 0) is 14.3 Å². The number of hydrogen-bond donors (Lipinski definition) is 2. The maximum absolute atomic E-state index is 12.3. The number of esters is 1. The minimum Gasteiger partial charge on any atom is -0.481 e. The minimum atomic E-state index is -0.927. The van der Waals surface area contributed by atoms with Crippen molar-refractivity contribution in [2.75, 3.05) is 0 Å². The Labute approximate surface area is 175 Å². The van der Waals surface area contributed by atoms with Gasteiger partial charge in [0.25, 0.3) is 0 Å². The fourth-order valence-electron chi connectivity index (χ4n) is 7.97. The SMILES string of the molecule is C[C@@]12CCC[C@H]1[C@@H]1CC[C@@H]3C[C@H](OC(=O)C(N)CCC(=O)O)CC[C@]3(C)[C@H]1CC2. The molecule has 4 aliphatic rings. The first-order valence-electron chi connectivity index (χ1n) is 11.9. The fraction of sp³-hybridized carbons (Fsp3) is 0.917. The zero-order valence-corrected chi connectivity index (χ0v) is 18.2. The van der Waals surface area contributed by atoms with Crippen molar-refractivity contribution in [2.24, 2.45) is 40.2 Å². The fourth-order valence-corrected chi connectivity index (χ4v) is 7.97. The Morgan fingerprint density at radius 1 is 1.07 bits per heavy atom. The van der Waals surface area contributed by atoms with E-state index in [0.717, 1.165) is 37.0 Å². The highest BCUT2D eigenvalue weighted by Gasteiger charge is 2.58. The Morgan fingerprint density at radius 2 is 1.86 bits per heavy atom. The largest absolute Gasteiger partial charge is 0.481 e. The zero-order chi connectivity index (χ0) is 20.8. The predicted octanol–water partition coefficient (Wildman–Crippen LogP) is 4.52. The molecule has 4 rings (SSSR count). The van der Waals surface area contributed by atoms with Crippen LogP contribution < -0.4 is 5.73 Å². The number of rotatable bonds is 5. The molecule has 0 saturated heterocycles. The molecule has 5 nitrogen and oxygen atoms in total. The Morgan fingerprint density at radius 3 is 2.62 bits per heavy atom. The highest BCUT2D eigenvalue weighted by Crippen LogP contribution is 2.66. The molecule has 0 aromatic rings. The van der Waals surface area contributed by atoms with E-state index in [0.29, 0.717) is 16.7 Å². The van der Waals surface area contributed by atoms with Gasteiger partial charge in [0.15, 0.2) is 0 Å². The quantitative estimate of drug-likeness (QED) is 0.656. The van der Waals surface area contributed by atoms with Crippen LogP contribution in [0.3, 0.4) is 0 Å². The first kappa shape index (κ1) is 21.1. The maximum Gasteiger partial charge on any atom is 0.323 e. The molecule has 4 aliphatic carbocycles. The van der Waals surface area contributed by atoms with Crippen molar-refractivity contribution in [1.29, 1.82) is 0 Å². The summed E-state index contributed by atoms with van der Waals surface area (Å²) >= 11 is 0. The lowest BCUT2D eigenvalue weighted by Gasteiger charge is -2.60. The van der Waals surface area contributed by atoms with E-state index >= 15 is 0 Å². The second-order valence-corrected chi connectivity index (χ2v) is 11.1. The van der Waals surface area contributed by atoms with Gasteiger partial charge in [-0.2, -0.15) is 0 Å². The van der Waals surface area contributed by atoms with Crippen LogP contribution in [0, 0.1) is 34.5 Å². The molecule has 0 aromatic carbocycles. The van der Waals surface area contributed by atoms with Crippen molar-refractivity contribution in [3.8, 4) is 0 Å². The van der Waals surface area contributed by atoms with Gasteiger partial charge < -0.3 is 15.6 Å². The van der Waals surface area contributed by atoms with Gasteiger partial charge in [0.05, 0.1) is 0 Å². The Hall–Kier alpha value is -1.10. The van der Waals surface area contributed by atoms with Gasteiger partial charge in [-0.05, 0) is 98.7 Å². The summed E-state index contributed by atoms with van der Waals surface area (Å²) in [5, 5.41) is 8.78. The molecule has 0 amide bonds. The molecule has 8 atom stereocenters. The average Bonchev–Trinajstić information content (AvgIpc) is 3.08. The molecular weight excluding hydrogens is 366 g/mol. The number of carbonyl (C=O) groups excluding carboxylic acids is 1. The van der Waals surface area contributed by atoms with Crippen molar-refractivity contribution in [1.82, 2.24) is 0 Å². The molecule has 0 bridgehead atoms. The number of carboxylic acid groups (broad SMARTS) is 1. The number of nitrogens with two attached hydrogens (primary N) is 1. The standard InChI is InChI=1S/C24H39NO4/c1-23-11-3-4-18(23)17-6-5-15-14-16(9-13-24(15,2)19(17)10-12-23)29-22(28)20(25)7-8-21(26)27/h15-20H,3-14,25H2,1-2H3,(H,26,27)/t15-,16-,17+,18+,19+,20?,23+,24+/m1/s1. The first-order chi connectivity index (χ1) is 13.7. The van der Waals surface area contributed by atoms with Gasteiger partial charge in [0, 0.05) is 6.42 Å². The highest BCUT2D eigenvalue weighted by molar-refractivity contribution is 5.76. The first-order valence-corrected chi connectivity index (χ1v) is 11.9. The summed E-state index contributed by atoms with van der Waals surface area (Å²) in [5.74, 6) is 1.96. The Kier molecular flexibility index (Phi) is 5.73. The van der Waals surface area contributed by atoms with Crippen LogP contribution in [0.4, 0.5) is 0 Å². The lowest BCUT2D eigenvalue weighted by molar-refractivity contribution is -0.163. The van der Waals surface area contributed by atoms with Crippen LogP contribution in [-0.4, -0.2) is 29.2 Å². The van der Waals surface area contributed by atoms with Crippen LogP contribution in [0.1, 0.15) is 90.9 Å². The van der Waals surface area contributed by atoms with E-state index in [-0.39, 0.29) is 18.9 Å². The molecule has 5 heteroatoms. The number of hydrogen-bond acceptors (Lipinski definition) is 4. The molecule has 29 heavy (non-hydrogen) atoms. The van der Waals surface area contributed by atoms with Crippen molar-refractivity contribution >= 4 is 11.9 Å². The van der Waals surface area contributed by atoms with Gasteiger partial charge in [-0.3, -0.25) is 9.59 Å². The topological polar surface area (TPSA) is 89.6 Å². The third-order valence-corrected chi connectivity index (χ3v) is 9.65. The lowest BCUT2D eigenvalue weighted by Crippen LogP contribution is -2.53. The van der Waals surface area contributed by atoms with Crippen molar-refractivity contribution < 1.29 is 19.4 Å². The van der Waals surface area contributed by atoms with E-state index in [4.69, 9.17) is 15.6 Å². The number of ether oxygens (including phenoxy) is 1. The normalized spacial score (nSPS) is 44.9. The van der Waals surface area contributed by atoms with Crippen molar-refractivity contribution in [2.45, 2.75) is 103 Å². The summed E-state index contributed by atoms with van der Waals surface area (Å²) in [5.41, 5.74) is 6.84.